The average molecular weight is 286 g/mol. The molecule has 0 aliphatic heterocycles. The standard InChI is InChI=1S/C15H26O5/c1-8-4-11(17)5-10-6-12(18)15(20,9(2)7-16)13(19)14(8,10)3/h8,10-13,16-20H,2,4-7H2,1,3H3. The van der Waals surface area contributed by atoms with Crippen molar-refractivity contribution in [2.45, 2.75) is 57.0 Å². The molecule has 0 bridgehead atoms. The van der Waals surface area contributed by atoms with E-state index >= 15 is 0 Å². The van der Waals surface area contributed by atoms with Crippen LogP contribution in [0.3, 0.4) is 0 Å². The molecule has 2 rings (SSSR count). The van der Waals surface area contributed by atoms with Crippen molar-refractivity contribution >= 4 is 0 Å². The van der Waals surface area contributed by atoms with Crippen molar-refractivity contribution in [2.24, 2.45) is 17.3 Å². The van der Waals surface area contributed by atoms with Crippen LogP contribution in [0.1, 0.15) is 33.1 Å². The first-order valence-corrected chi connectivity index (χ1v) is 7.24. The lowest BCUT2D eigenvalue weighted by Gasteiger charge is -2.60. The molecule has 5 N–H and O–H groups in total. The molecule has 0 amide bonds. The Bertz CT molecular complexity index is 398. The van der Waals surface area contributed by atoms with Gasteiger partial charge < -0.3 is 25.5 Å². The summed E-state index contributed by atoms with van der Waals surface area (Å²) in [4.78, 5) is 0. The summed E-state index contributed by atoms with van der Waals surface area (Å²) in [5, 5.41) is 50.9. The zero-order valence-electron chi connectivity index (χ0n) is 12.2. The van der Waals surface area contributed by atoms with Gasteiger partial charge in [0.05, 0.1) is 24.9 Å². The van der Waals surface area contributed by atoms with E-state index in [1.54, 1.807) is 0 Å². The fraction of sp³-hybridized carbons (Fsp3) is 0.867. The van der Waals surface area contributed by atoms with E-state index in [4.69, 9.17) is 0 Å². The Balaban J connectivity index is 2.42. The Morgan fingerprint density at radius 3 is 2.35 bits per heavy atom. The smallest absolute Gasteiger partial charge is 0.140 e. The summed E-state index contributed by atoms with van der Waals surface area (Å²) in [5.74, 6) is -0.0743. The molecule has 0 aromatic heterocycles. The second-order valence-corrected chi connectivity index (χ2v) is 6.83. The summed E-state index contributed by atoms with van der Waals surface area (Å²) in [6.07, 6.45) is -1.49. The van der Waals surface area contributed by atoms with Crippen LogP contribution in [0.25, 0.3) is 0 Å². The van der Waals surface area contributed by atoms with Gasteiger partial charge in [0.15, 0.2) is 0 Å². The predicted octanol–water partition coefficient (Wildman–Crippen LogP) is -0.195. The van der Waals surface area contributed by atoms with Crippen molar-refractivity contribution in [2.75, 3.05) is 6.61 Å². The molecular weight excluding hydrogens is 260 g/mol. The van der Waals surface area contributed by atoms with E-state index in [2.05, 4.69) is 6.58 Å². The molecule has 0 spiro atoms. The van der Waals surface area contributed by atoms with Crippen molar-refractivity contribution in [3.8, 4) is 0 Å². The first kappa shape index (κ1) is 15.9. The minimum atomic E-state index is -1.89. The molecular formula is C15H26O5. The van der Waals surface area contributed by atoms with Crippen molar-refractivity contribution in [1.29, 1.82) is 0 Å². The van der Waals surface area contributed by atoms with Gasteiger partial charge in [-0.1, -0.05) is 20.4 Å². The van der Waals surface area contributed by atoms with Gasteiger partial charge in [-0.3, -0.25) is 0 Å². The monoisotopic (exact) mass is 286 g/mol. The van der Waals surface area contributed by atoms with Crippen LogP contribution in [-0.4, -0.2) is 56.1 Å². The maximum absolute atomic E-state index is 10.7. The molecule has 5 heteroatoms. The van der Waals surface area contributed by atoms with Gasteiger partial charge in [-0.15, -0.1) is 0 Å². The van der Waals surface area contributed by atoms with Crippen molar-refractivity contribution < 1.29 is 25.5 Å². The zero-order chi connectivity index (χ0) is 15.3. The average Bonchev–Trinajstić information content (AvgIpc) is 2.39. The van der Waals surface area contributed by atoms with Gasteiger partial charge >= 0.3 is 0 Å². The van der Waals surface area contributed by atoms with Crippen molar-refractivity contribution in [3.05, 3.63) is 12.2 Å². The van der Waals surface area contributed by atoms with Gasteiger partial charge in [0.25, 0.3) is 0 Å². The lowest BCUT2D eigenvalue weighted by Crippen LogP contribution is -2.68. The van der Waals surface area contributed by atoms with Crippen LogP contribution in [0.4, 0.5) is 0 Å². The highest BCUT2D eigenvalue weighted by atomic mass is 16.4. The van der Waals surface area contributed by atoms with E-state index in [0.717, 1.165) is 0 Å². The minimum Gasteiger partial charge on any atom is -0.393 e. The third kappa shape index (κ3) is 1.96. The number of aliphatic hydroxyl groups is 5. The van der Waals surface area contributed by atoms with Crippen molar-refractivity contribution in [3.63, 3.8) is 0 Å². The number of hydrogen-bond acceptors (Lipinski definition) is 5. The van der Waals surface area contributed by atoms with Gasteiger partial charge in [-0.05, 0) is 36.7 Å². The molecule has 0 heterocycles. The third-order valence-corrected chi connectivity index (χ3v) is 5.90. The normalized spacial score (nSPS) is 52.5. The third-order valence-electron chi connectivity index (χ3n) is 5.90. The molecule has 0 radical (unpaired) electrons. The van der Waals surface area contributed by atoms with E-state index in [1.807, 2.05) is 13.8 Å². The van der Waals surface area contributed by atoms with E-state index in [1.165, 1.54) is 0 Å². The van der Waals surface area contributed by atoms with Gasteiger partial charge in [0.2, 0.25) is 0 Å². The quantitative estimate of drug-likeness (QED) is 0.453. The SMILES string of the molecule is C=C(CO)C1(O)C(O)CC2CC(O)CC(C)C2(C)C1O. The second-order valence-electron chi connectivity index (χ2n) is 6.83. The number of hydrogen-bond donors (Lipinski definition) is 5. The molecule has 0 aromatic rings. The minimum absolute atomic E-state index is 0.00299. The molecule has 7 atom stereocenters. The molecule has 2 aliphatic carbocycles. The number of fused-ring (bicyclic) bond motifs is 1. The van der Waals surface area contributed by atoms with E-state index in [0.29, 0.717) is 12.8 Å². The van der Waals surface area contributed by atoms with Gasteiger partial charge in [-0.25, -0.2) is 0 Å². The highest BCUT2D eigenvalue weighted by Crippen LogP contribution is 2.56. The molecule has 5 nitrogen and oxygen atoms in total. The fourth-order valence-electron chi connectivity index (χ4n) is 4.25. The van der Waals surface area contributed by atoms with E-state index in [-0.39, 0.29) is 23.8 Å². The lowest BCUT2D eigenvalue weighted by atomic mass is 9.49. The van der Waals surface area contributed by atoms with Gasteiger partial charge in [-0.2, -0.15) is 0 Å². The van der Waals surface area contributed by atoms with Crippen molar-refractivity contribution in [1.82, 2.24) is 0 Å². The van der Waals surface area contributed by atoms with Crippen LogP contribution in [0.2, 0.25) is 0 Å². The van der Waals surface area contributed by atoms with Crippen LogP contribution >= 0.6 is 0 Å². The molecule has 2 fully saturated rings. The van der Waals surface area contributed by atoms with E-state index < -0.39 is 35.9 Å². The lowest BCUT2D eigenvalue weighted by molar-refractivity contribution is -0.241. The first-order valence-electron chi connectivity index (χ1n) is 7.24. The van der Waals surface area contributed by atoms with E-state index in [9.17, 15) is 25.5 Å². The highest BCUT2D eigenvalue weighted by Gasteiger charge is 2.63. The van der Waals surface area contributed by atoms with Crippen LogP contribution in [0.5, 0.6) is 0 Å². The summed E-state index contributed by atoms with van der Waals surface area (Å²) in [7, 11) is 0. The fourth-order valence-corrected chi connectivity index (χ4v) is 4.25. The first-order chi connectivity index (χ1) is 9.18. The maximum Gasteiger partial charge on any atom is 0.140 e. The summed E-state index contributed by atoms with van der Waals surface area (Å²) in [5.41, 5.74) is -2.47. The van der Waals surface area contributed by atoms with Crippen LogP contribution in [0, 0.1) is 17.3 Å². The van der Waals surface area contributed by atoms with Crippen LogP contribution in [-0.2, 0) is 0 Å². The Kier molecular flexibility index (Phi) is 4.04. The number of rotatable bonds is 2. The van der Waals surface area contributed by atoms with Crippen LogP contribution < -0.4 is 0 Å². The molecule has 0 aromatic carbocycles. The molecule has 20 heavy (non-hydrogen) atoms. The van der Waals surface area contributed by atoms with Gasteiger partial charge in [0, 0.05) is 5.41 Å². The summed E-state index contributed by atoms with van der Waals surface area (Å²) >= 11 is 0. The molecule has 2 saturated carbocycles. The Labute approximate surface area is 119 Å². The Morgan fingerprint density at radius 2 is 1.80 bits per heavy atom. The van der Waals surface area contributed by atoms with Crippen LogP contribution in [0.15, 0.2) is 12.2 Å². The highest BCUT2D eigenvalue weighted by molar-refractivity contribution is 5.25. The largest absolute Gasteiger partial charge is 0.393 e. The molecule has 0 saturated heterocycles. The number of aliphatic hydroxyl groups excluding tert-OH is 4. The maximum atomic E-state index is 10.7. The Morgan fingerprint density at radius 1 is 1.20 bits per heavy atom. The molecule has 2 aliphatic rings. The molecule has 7 unspecified atom stereocenters. The molecule has 116 valence electrons. The zero-order valence-corrected chi connectivity index (χ0v) is 12.2. The van der Waals surface area contributed by atoms with Gasteiger partial charge in [0.1, 0.15) is 5.60 Å². The predicted molar refractivity (Wildman–Crippen MR) is 73.8 cm³/mol. The summed E-state index contributed by atoms with van der Waals surface area (Å²) in [6.45, 7) is 6.96. The summed E-state index contributed by atoms with van der Waals surface area (Å²) in [6, 6.07) is 0. The topological polar surface area (TPSA) is 101 Å². The second kappa shape index (κ2) is 5.07. The summed E-state index contributed by atoms with van der Waals surface area (Å²) < 4.78 is 0. The Hall–Kier alpha value is -0.460.